The van der Waals surface area contributed by atoms with Crippen molar-refractivity contribution in [3.05, 3.63) is 57.4 Å². The van der Waals surface area contributed by atoms with Crippen molar-refractivity contribution in [2.24, 2.45) is 7.05 Å². The molecule has 0 aliphatic carbocycles. The average molecular weight is 381 g/mol. The van der Waals surface area contributed by atoms with Crippen LogP contribution in [0.4, 0.5) is 19.0 Å². The molecule has 1 aromatic carbocycles. The molecule has 0 unspecified atom stereocenters. The topological polar surface area (TPSA) is 64.4 Å². The third-order valence-corrected chi connectivity index (χ3v) is 4.35. The van der Waals surface area contributed by atoms with Gasteiger partial charge in [0, 0.05) is 32.6 Å². The van der Waals surface area contributed by atoms with Crippen LogP contribution in [0.1, 0.15) is 11.4 Å². The molecule has 1 aromatic heterocycles. The van der Waals surface area contributed by atoms with Gasteiger partial charge in [-0.15, -0.1) is 0 Å². The highest BCUT2D eigenvalue weighted by Gasteiger charge is 2.18. The third-order valence-electron chi connectivity index (χ3n) is 4.35. The van der Waals surface area contributed by atoms with Gasteiger partial charge in [0.25, 0.3) is 5.56 Å². The number of Topliss-reactive ketones (excluding diaryl/α,β-unsaturated/α-hetero) is 1. The minimum Gasteiger partial charge on any atom is -0.378 e. The lowest BCUT2D eigenvalue weighted by Crippen LogP contribution is -2.38. The number of nitrogens with zero attached hydrogens (tertiary/aromatic N) is 3. The smallest absolute Gasteiger partial charge is 0.255 e. The van der Waals surface area contributed by atoms with E-state index >= 15 is 0 Å². The fourth-order valence-electron chi connectivity index (χ4n) is 2.86. The second-order valence-corrected chi connectivity index (χ2v) is 6.29. The van der Waals surface area contributed by atoms with E-state index in [2.05, 4.69) is 4.98 Å². The van der Waals surface area contributed by atoms with E-state index in [0.717, 1.165) is 12.1 Å². The number of hydrogen-bond acceptors (Lipinski definition) is 5. The van der Waals surface area contributed by atoms with Gasteiger partial charge in [-0.05, 0) is 17.7 Å². The van der Waals surface area contributed by atoms with Gasteiger partial charge in [0.15, 0.2) is 17.5 Å². The summed E-state index contributed by atoms with van der Waals surface area (Å²) in [6.07, 6.45) is -0.490. The zero-order chi connectivity index (χ0) is 19.6. The number of ether oxygens (including phenoxy) is 1. The maximum absolute atomic E-state index is 13.3. The molecule has 0 radical (unpaired) electrons. The summed E-state index contributed by atoms with van der Waals surface area (Å²) in [6.45, 7) is 2.21. The number of carbonyl (C=O) groups excluding carboxylic acids is 1. The summed E-state index contributed by atoms with van der Waals surface area (Å²) >= 11 is 0. The molecule has 1 saturated heterocycles. The highest BCUT2D eigenvalue weighted by molar-refractivity contribution is 5.82. The number of benzene rings is 1. The Bertz CT molecular complexity index is 901. The van der Waals surface area contributed by atoms with E-state index in [9.17, 15) is 22.8 Å². The van der Waals surface area contributed by atoms with Crippen molar-refractivity contribution in [3.8, 4) is 0 Å². The maximum atomic E-state index is 13.3. The molecular weight excluding hydrogens is 363 g/mol. The molecule has 1 aliphatic heterocycles. The van der Waals surface area contributed by atoms with Crippen LogP contribution in [0.5, 0.6) is 0 Å². The molecule has 0 amide bonds. The van der Waals surface area contributed by atoms with E-state index in [4.69, 9.17) is 4.74 Å². The summed E-state index contributed by atoms with van der Waals surface area (Å²) in [5, 5.41) is 0. The van der Waals surface area contributed by atoms with E-state index in [1.54, 1.807) is 0 Å². The number of rotatable bonds is 5. The zero-order valence-electron chi connectivity index (χ0n) is 14.7. The van der Waals surface area contributed by atoms with Crippen LogP contribution in [0.3, 0.4) is 0 Å². The molecule has 6 nitrogen and oxygen atoms in total. The first-order valence-corrected chi connectivity index (χ1v) is 8.40. The molecule has 0 bridgehead atoms. The van der Waals surface area contributed by atoms with Gasteiger partial charge in [-0.1, -0.05) is 0 Å². The normalized spacial score (nSPS) is 14.4. The molecule has 2 heterocycles. The standard InChI is InChI=1S/C18H18F3N3O3/c1-23-15(22-16(10-17(23)26)24-2-4-27-5-3-24)9-12(25)6-11-7-13(19)18(21)14(20)8-11/h7-8,10H,2-6,9H2,1H3. The average Bonchev–Trinajstić information content (AvgIpc) is 2.64. The molecule has 0 atom stereocenters. The van der Waals surface area contributed by atoms with E-state index < -0.39 is 23.2 Å². The number of carbonyl (C=O) groups is 1. The van der Waals surface area contributed by atoms with Gasteiger partial charge in [0.1, 0.15) is 17.4 Å². The number of anilines is 1. The fraction of sp³-hybridized carbons (Fsp3) is 0.389. The lowest BCUT2D eigenvalue weighted by molar-refractivity contribution is -0.117. The highest BCUT2D eigenvalue weighted by atomic mass is 19.2. The van der Waals surface area contributed by atoms with Gasteiger partial charge in [0.05, 0.1) is 19.6 Å². The van der Waals surface area contributed by atoms with Crippen LogP contribution in [-0.2, 0) is 29.4 Å². The van der Waals surface area contributed by atoms with Gasteiger partial charge in [0.2, 0.25) is 0 Å². The van der Waals surface area contributed by atoms with Crippen LogP contribution < -0.4 is 10.5 Å². The molecule has 2 aromatic rings. The molecule has 9 heteroatoms. The number of morpholine rings is 1. The molecule has 0 saturated carbocycles. The fourth-order valence-corrected chi connectivity index (χ4v) is 2.86. The predicted octanol–water partition coefficient (Wildman–Crippen LogP) is 1.39. The van der Waals surface area contributed by atoms with Crippen LogP contribution in [-0.4, -0.2) is 41.6 Å². The number of aromatic nitrogens is 2. The maximum Gasteiger partial charge on any atom is 0.255 e. The summed E-state index contributed by atoms with van der Waals surface area (Å²) in [5.41, 5.74) is -0.293. The first-order chi connectivity index (χ1) is 12.8. The molecule has 27 heavy (non-hydrogen) atoms. The summed E-state index contributed by atoms with van der Waals surface area (Å²) in [4.78, 5) is 30.8. The van der Waals surface area contributed by atoms with Crippen LogP contribution in [0.25, 0.3) is 0 Å². The van der Waals surface area contributed by atoms with Crippen molar-refractivity contribution in [1.82, 2.24) is 9.55 Å². The van der Waals surface area contributed by atoms with E-state index in [1.165, 1.54) is 17.7 Å². The first-order valence-electron chi connectivity index (χ1n) is 8.40. The lowest BCUT2D eigenvalue weighted by atomic mass is 10.1. The van der Waals surface area contributed by atoms with Crippen LogP contribution in [0.15, 0.2) is 23.0 Å². The summed E-state index contributed by atoms with van der Waals surface area (Å²) < 4.78 is 46.1. The van der Waals surface area contributed by atoms with Crippen LogP contribution in [0, 0.1) is 17.5 Å². The Hall–Kier alpha value is -2.68. The van der Waals surface area contributed by atoms with E-state index in [-0.39, 0.29) is 29.8 Å². The van der Waals surface area contributed by atoms with Crippen molar-refractivity contribution in [2.75, 3.05) is 31.2 Å². The van der Waals surface area contributed by atoms with E-state index in [0.29, 0.717) is 32.1 Å². The third kappa shape index (κ3) is 4.36. The van der Waals surface area contributed by atoms with Gasteiger partial charge >= 0.3 is 0 Å². The Morgan fingerprint density at radius 2 is 1.74 bits per heavy atom. The van der Waals surface area contributed by atoms with Crippen LogP contribution >= 0.6 is 0 Å². The van der Waals surface area contributed by atoms with Crippen molar-refractivity contribution in [1.29, 1.82) is 0 Å². The Morgan fingerprint density at radius 1 is 1.11 bits per heavy atom. The molecule has 0 spiro atoms. The van der Waals surface area contributed by atoms with Crippen molar-refractivity contribution in [3.63, 3.8) is 0 Å². The molecule has 1 fully saturated rings. The monoisotopic (exact) mass is 381 g/mol. The second-order valence-electron chi connectivity index (χ2n) is 6.29. The van der Waals surface area contributed by atoms with E-state index in [1.807, 2.05) is 4.90 Å². The Labute approximate surface area is 153 Å². The number of halogens is 3. The SMILES string of the molecule is Cn1c(CC(=O)Cc2cc(F)c(F)c(F)c2)nc(N2CCOCC2)cc1=O. The minimum absolute atomic E-state index is 0.0192. The minimum atomic E-state index is -1.58. The summed E-state index contributed by atoms with van der Waals surface area (Å²) in [6, 6.07) is 2.96. The summed E-state index contributed by atoms with van der Waals surface area (Å²) in [7, 11) is 1.50. The van der Waals surface area contributed by atoms with Crippen LogP contribution in [0.2, 0.25) is 0 Å². The second kappa shape index (κ2) is 7.91. The number of hydrogen-bond donors (Lipinski definition) is 0. The molecule has 1 aliphatic rings. The highest BCUT2D eigenvalue weighted by Crippen LogP contribution is 2.15. The van der Waals surface area contributed by atoms with Crippen molar-refractivity contribution < 1.29 is 22.7 Å². The van der Waals surface area contributed by atoms with Gasteiger partial charge < -0.3 is 9.64 Å². The molecule has 3 rings (SSSR count). The number of ketones is 1. The predicted molar refractivity (Wildman–Crippen MR) is 91.2 cm³/mol. The Kier molecular flexibility index (Phi) is 5.59. The Morgan fingerprint density at radius 3 is 2.37 bits per heavy atom. The zero-order valence-corrected chi connectivity index (χ0v) is 14.7. The molecule has 144 valence electrons. The lowest BCUT2D eigenvalue weighted by Gasteiger charge is -2.28. The van der Waals surface area contributed by atoms with Gasteiger partial charge in [-0.3, -0.25) is 14.2 Å². The first kappa shape index (κ1) is 19.1. The molecular formula is C18H18F3N3O3. The van der Waals surface area contributed by atoms with Crippen molar-refractivity contribution in [2.45, 2.75) is 12.8 Å². The summed E-state index contributed by atoms with van der Waals surface area (Å²) in [5.74, 6) is -3.97. The Balaban J connectivity index is 1.79. The van der Waals surface area contributed by atoms with Crippen molar-refractivity contribution >= 4 is 11.6 Å². The quantitative estimate of drug-likeness (QED) is 0.733. The molecule has 0 N–H and O–H groups in total. The van der Waals surface area contributed by atoms with Gasteiger partial charge in [-0.2, -0.15) is 0 Å². The van der Waals surface area contributed by atoms with Gasteiger partial charge in [-0.25, -0.2) is 18.2 Å². The largest absolute Gasteiger partial charge is 0.378 e.